The lowest BCUT2D eigenvalue weighted by molar-refractivity contribution is -0.120. The molecule has 1 atom stereocenters. The average Bonchev–Trinajstić information content (AvgIpc) is 2.78. The first kappa shape index (κ1) is 14.0. The maximum Gasteiger partial charge on any atom is 0.275 e. The zero-order chi connectivity index (χ0) is 15.0. The van der Waals surface area contributed by atoms with Crippen LogP contribution in [0.3, 0.4) is 0 Å². The molecule has 1 spiro atoms. The van der Waals surface area contributed by atoms with Crippen LogP contribution in [0.25, 0.3) is 0 Å². The van der Waals surface area contributed by atoms with E-state index < -0.39 is 17.3 Å². The Labute approximate surface area is 122 Å². The smallest absolute Gasteiger partial charge is 0.275 e. The minimum Gasteiger partial charge on any atom is -0.314 e. The number of carbonyl (C=O) groups excluding carboxylic acids is 2. The van der Waals surface area contributed by atoms with Gasteiger partial charge in [0.1, 0.15) is 5.82 Å². The van der Waals surface area contributed by atoms with Gasteiger partial charge < -0.3 is 5.32 Å². The number of aryl methyl sites for hydroxylation is 1. The number of carbonyl (C=O) groups is 2. The summed E-state index contributed by atoms with van der Waals surface area (Å²) in [6.07, 6.45) is 1.88. The van der Waals surface area contributed by atoms with Crippen molar-refractivity contribution in [3.8, 4) is 0 Å². The van der Waals surface area contributed by atoms with E-state index in [9.17, 15) is 14.0 Å². The Balaban J connectivity index is 1.95. The summed E-state index contributed by atoms with van der Waals surface area (Å²) in [6, 6.07) is 4.72. The summed E-state index contributed by atoms with van der Waals surface area (Å²) in [5, 5.41) is 4.55. The summed E-state index contributed by atoms with van der Waals surface area (Å²) in [5.74, 6) is -1.20. The number of amides is 2. The van der Waals surface area contributed by atoms with E-state index in [1.54, 1.807) is 19.1 Å². The Morgan fingerprint density at radius 1 is 1.43 bits per heavy atom. The van der Waals surface area contributed by atoms with Gasteiger partial charge in [0.05, 0.1) is 17.5 Å². The first-order valence-electron chi connectivity index (χ1n) is 7.13. The molecular formula is C15H18FN3O2. The van der Waals surface area contributed by atoms with E-state index in [0.29, 0.717) is 12.1 Å². The summed E-state index contributed by atoms with van der Waals surface area (Å²) < 4.78 is 14.2. The van der Waals surface area contributed by atoms with Gasteiger partial charge in [0, 0.05) is 6.54 Å². The van der Waals surface area contributed by atoms with E-state index in [1.807, 2.05) is 0 Å². The molecule has 0 aliphatic carbocycles. The lowest BCUT2D eigenvalue weighted by Crippen LogP contribution is -2.59. The highest BCUT2D eigenvalue weighted by Gasteiger charge is 2.49. The molecule has 2 saturated heterocycles. The number of rotatable bonds is 1. The van der Waals surface area contributed by atoms with E-state index >= 15 is 0 Å². The molecule has 2 heterocycles. The second kappa shape index (κ2) is 5.11. The fraction of sp³-hybridized carbons (Fsp3) is 0.467. The summed E-state index contributed by atoms with van der Waals surface area (Å²) in [4.78, 5) is 24.5. The Kier molecular flexibility index (Phi) is 3.41. The maximum absolute atomic E-state index is 14.2. The zero-order valence-corrected chi connectivity index (χ0v) is 11.9. The average molecular weight is 291 g/mol. The molecule has 21 heavy (non-hydrogen) atoms. The first-order valence-corrected chi connectivity index (χ1v) is 7.13. The molecule has 2 fully saturated rings. The van der Waals surface area contributed by atoms with Gasteiger partial charge in [0.25, 0.3) is 5.91 Å². The fourth-order valence-corrected chi connectivity index (χ4v) is 3.15. The van der Waals surface area contributed by atoms with Gasteiger partial charge in [0.15, 0.2) is 0 Å². The highest BCUT2D eigenvalue weighted by Crippen LogP contribution is 2.32. The predicted molar refractivity (Wildman–Crippen MR) is 74.9 cm³/mol. The topological polar surface area (TPSA) is 61.4 Å². The number of hydrazine groups is 1. The van der Waals surface area contributed by atoms with Crippen LogP contribution in [0.2, 0.25) is 0 Å². The van der Waals surface area contributed by atoms with Crippen LogP contribution in [0.1, 0.15) is 35.2 Å². The molecule has 5 nitrogen and oxygen atoms in total. The van der Waals surface area contributed by atoms with Crippen molar-refractivity contribution in [2.24, 2.45) is 0 Å². The number of nitrogens with zero attached hydrogens (tertiary/aromatic N) is 1. The Morgan fingerprint density at radius 2 is 2.24 bits per heavy atom. The fourth-order valence-electron chi connectivity index (χ4n) is 3.15. The molecule has 0 radical (unpaired) electrons. The van der Waals surface area contributed by atoms with E-state index in [-0.39, 0.29) is 17.9 Å². The van der Waals surface area contributed by atoms with E-state index in [1.165, 1.54) is 11.1 Å². The second-order valence-electron chi connectivity index (χ2n) is 5.79. The van der Waals surface area contributed by atoms with Gasteiger partial charge in [-0.1, -0.05) is 12.1 Å². The van der Waals surface area contributed by atoms with Crippen molar-refractivity contribution >= 4 is 11.8 Å². The predicted octanol–water partition coefficient (Wildman–Crippen LogP) is 1.13. The molecule has 2 amide bonds. The van der Waals surface area contributed by atoms with E-state index in [2.05, 4.69) is 10.7 Å². The third kappa shape index (κ3) is 2.29. The summed E-state index contributed by atoms with van der Waals surface area (Å²) in [7, 11) is 0. The molecule has 1 aromatic carbocycles. The van der Waals surface area contributed by atoms with Crippen molar-refractivity contribution in [3.05, 3.63) is 35.1 Å². The SMILES string of the molecule is Cc1cccc(C(=O)N2NC(=O)CC23CCCNC3)c1F. The lowest BCUT2D eigenvalue weighted by Gasteiger charge is -2.39. The van der Waals surface area contributed by atoms with Crippen molar-refractivity contribution in [1.29, 1.82) is 0 Å². The van der Waals surface area contributed by atoms with Crippen LogP contribution < -0.4 is 10.7 Å². The minimum atomic E-state index is -0.581. The molecule has 0 aromatic heterocycles. The van der Waals surface area contributed by atoms with E-state index in [4.69, 9.17) is 0 Å². The molecule has 2 aliphatic heterocycles. The molecule has 2 N–H and O–H groups in total. The van der Waals surface area contributed by atoms with Gasteiger partial charge in [-0.05, 0) is 37.9 Å². The van der Waals surface area contributed by atoms with Gasteiger partial charge in [-0.15, -0.1) is 0 Å². The van der Waals surface area contributed by atoms with E-state index in [0.717, 1.165) is 19.4 Å². The number of benzene rings is 1. The molecule has 2 aliphatic rings. The van der Waals surface area contributed by atoms with Crippen LogP contribution in [0, 0.1) is 12.7 Å². The van der Waals surface area contributed by atoms with Gasteiger partial charge in [-0.3, -0.25) is 15.0 Å². The van der Waals surface area contributed by atoms with Gasteiger partial charge in [-0.25, -0.2) is 9.40 Å². The Hall–Kier alpha value is -1.95. The second-order valence-corrected chi connectivity index (χ2v) is 5.79. The number of piperidine rings is 1. The quantitative estimate of drug-likeness (QED) is 0.815. The molecule has 6 heteroatoms. The van der Waals surface area contributed by atoms with Gasteiger partial charge in [0.2, 0.25) is 5.91 Å². The third-order valence-corrected chi connectivity index (χ3v) is 4.28. The highest BCUT2D eigenvalue weighted by atomic mass is 19.1. The van der Waals surface area contributed by atoms with Crippen molar-refractivity contribution in [2.45, 2.75) is 31.7 Å². The van der Waals surface area contributed by atoms with Gasteiger partial charge >= 0.3 is 0 Å². The van der Waals surface area contributed by atoms with Crippen molar-refractivity contribution in [3.63, 3.8) is 0 Å². The molecular weight excluding hydrogens is 273 g/mol. The Bertz CT molecular complexity index is 597. The molecule has 1 aromatic rings. The van der Waals surface area contributed by atoms with Crippen LogP contribution in [0.4, 0.5) is 4.39 Å². The monoisotopic (exact) mass is 291 g/mol. The normalized spacial score (nSPS) is 25.2. The van der Waals surface area contributed by atoms with Crippen molar-refractivity contribution in [1.82, 2.24) is 15.8 Å². The summed E-state index contributed by atoms with van der Waals surface area (Å²) in [6.45, 7) is 3.04. The molecule has 0 bridgehead atoms. The first-order chi connectivity index (χ1) is 10.0. The number of nitrogens with one attached hydrogen (secondary N) is 2. The lowest BCUT2D eigenvalue weighted by atomic mass is 9.87. The largest absolute Gasteiger partial charge is 0.314 e. The maximum atomic E-state index is 14.2. The van der Waals surface area contributed by atoms with Gasteiger partial charge in [-0.2, -0.15) is 0 Å². The van der Waals surface area contributed by atoms with Crippen LogP contribution in [-0.4, -0.2) is 35.5 Å². The Morgan fingerprint density at radius 3 is 2.95 bits per heavy atom. The third-order valence-electron chi connectivity index (χ3n) is 4.28. The van der Waals surface area contributed by atoms with Crippen molar-refractivity contribution < 1.29 is 14.0 Å². The number of hydrogen-bond donors (Lipinski definition) is 2. The van der Waals surface area contributed by atoms with Crippen LogP contribution in [-0.2, 0) is 4.79 Å². The number of hydrogen-bond acceptors (Lipinski definition) is 3. The summed E-state index contributed by atoms with van der Waals surface area (Å²) in [5.41, 5.74) is 2.44. The molecule has 1 unspecified atom stereocenters. The van der Waals surface area contributed by atoms with Crippen LogP contribution in [0.15, 0.2) is 18.2 Å². The van der Waals surface area contributed by atoms with Crippen molar-refractivity contribution in [2.75, 3.05) is 13.1 Å². The van der Waals surface area contributed by atoms with Crippen LogP contribution in [0.5, 0.6) is 0 Å². The molecule has 0 saturated carbocycles. The minimum absolute atomic E-state index is 0.00199. The number of halogens is 1. The molecule has 112 valence electrons. The highest BCUT2D eigenvalue weighted by molar-refractivity contribution is 5.98. The molecule has 3 rings (SSSR count). The standard InChI is InChI=1S/C15H18FN3O2/c1-10-4-2-5-11(13(10)16)14(21)19-15(8-12(20)18-19)6-3-7-17-9-15/h2,4-5,17H,3,6-9H2,1H3,(H,18,20). The van der Waals surface area contributed by atoms with Crippen LogP contribution >= 0.6 is 0 Å². The summed E-state index contributed by atoms with van der Waals surface area (Å²) >= 11 is 0. The zero-order valence-electron chi connectivity index (χ0n) is 11.9.